The summed E-state index contributed by atoms with van der Waals surface area (Å²) in [6, 6.07) is 10.0. The SMILES string of the molecule is Cc1cccc([C@@H](CO)NC(=O)[C@H](C)N2CCn3cc(-c4nc(Nc5ccnn5C)ncc4C)cc3C2=O)c1. The van der Waals surface area contributed by atoms with E-state index in [9.17, 15) is 14.7 Å². The fourth-order valence-electron chi connectivity index (χ4n) is 4.80. The number of nitrogens with one attached hydrogen (secondary N) is 2. The smallest absolute Gasteiger partial charge is 0.271 e. The second kappa shape index (κ2) is 10.7. The standard InChI is InChI=1S/C28H32N8O3/c1-17-6-5-7-20(12-17)22(16-37)31-26(38)19(3)36-11-10-35-15-21(13-23(35)27(36)39)25-18(2)14-29-28(33-25)32-24-8-9-30-34(24)4/h5-9,12-15,19,22,37H,10-11,16H2,1-4H3,(H,31,38)(H,29,32,33)/t19-,22+/m0/s1. The van der Waals surface area contributed by atoms with Crippen LogP contribution in [0.5, 0.6) is 0 Å². The van der Waals surface area contributed by atoms with E-state index in [0.717, 1.165) is 28.1 Å². The van der Waals surface area contributed by atoms with E-state index in [2.05, 4.69) is 20.7 Å². The average molecular weight is 529 g/mol. The van der Waals surface area contributed by atoms with Gasteiger partial charge >= 0.3 is 0 Å². The molecule has 4 heterocycles. The van der Waals surface area contributed by atoms with Crippen molar-refractivity contribution in [2.24, 2.45) is 7.05 Å². The Balaban J connectivity index is 1.33. The maximum absolute atomic E-state index is 13.5. The second-order valence-corrected chi connectivity index (χ2v) is 9.83. The van der Waals surface area contributed by atoms with Gasteiger partial charge in [0.05, 0.1) is 24.5 Å². The van der Waals surface area contributed by atoms with Crippen molar-refractivity contribution in [2.75, 3.05) is 18.5 Å². The molecule has 1 aliphatic rings. The fourth-order valence-corrected chi connectivity index (χ4v) is 4.80. The largest absolute Gasteiger partial charge is 0.394 e. The molecule has 3 N–H and O–H groups in total. The van der Waals surface area contributed by atoms with Gasteiger partial charge < -0.3 is 25.2 Å². The van der Waals surface area contributed by atoms with E-state index >= 15 is 0 Å². The van der Waals surface area contributed by atoms with Crippen LogP contribution in [-0.2, 0) is 18.4 Å². The van der Waals surface area contributed by atoms with Crippen molar-refractivity contribution in [1.29, 1.82) is 0 Å². The first-order chi connectivity index (χ1) is 18.7. The summed E-state index contributed by atoms with van der Waals surface area (Å²) in [4.78, 5) is 37.3. The van der Waals surface area contributed by atoms with Crippen LogP contribution in [0.3, 0.4) is 0 Å². The Bertz CT molecular complexity index is 1520. The highest BCUT2D eigenvalue weighted by atomic mass is 16.3. The van der Waals surface area contributed by atoms with Gasteiger partial charge in [-0.2, -0.15) is 5.10 Å². The highest BCUT2D eigenvalue weighted by Crippen LogP contribution is 2.28. The first-order valence-electron chi connectivity index (χ1n) is 12.8. The lowest BCUT2D eigenvalue weighted by atomic mass is 10.0. The molecule has 1 aliphatic heterocycles. The van der Waals surface area contributed by atoms with Crippen molar-refractivity contribution < 1.29 is 14.7 Å². The van der Waals surface area contributed by atoms with Crippen LogP contribution in [-0.4, -0.2) is 65.3 Å². The van der Waals surface area contributed by atoms with Gasteiger partial charge in [0.1, 0.15) is 17.6 Å². The zero-order chi connectivity index (χ0) is 27.7. The molecule has 11 nitrogen and oxygen atoms in total. The Kier molecular flexibility index (Phi) is 7.16. The molecule has 0 fully saturated rings. The molecule has 4 aromatic rings. The lowest BCUT2D eigenvalue weighted by Crippen LogP contribution is -2.52. The lowest BCUT2D eigenvalue weighted by molar-refractivity contribution is -0.126. The highest BCUT2D eigenvalue weighted by molar-refractivity contribution is 5.98. The number of benzene rings is 1. The van der Waals surface area contributed by atoms with Crippen molar-refractivity contribution in [3.8, 4) is 11.3 Å². The molecule has 0 unspecified atom stereocenters. The molecule has 3 aromatic heterocycles. The number of anilines is 2. The van der Waals surface area contributed by atoms with E-state index in [1.165, 1.54) is 0 Å². The third kappa shape index (κ3) is 5.26. The van der Waals surface area contributed by atoms with Crippen LogP contribution in [0.15, 0.2) is 55.0 Å². The Labute approximate surface area is 226 Å². The maximum Gasteiger partial charge on any atom is 0.271 e. The molecule has 5 rings (SSSR count). The van der Waals surface area contributed by atoms with Gasteiger partial charge in [0.25, 0.3) is 5.91 Å². The van der Waals surface area contributed by atoms with Gasteiger partial charge in [-0.1, -0.05) is 29.8 Å². The minimum Gasteiger partial charge on any atom is -0.394 e. The maximum atomic E-state index is 13.5. The van der Waals surface area contributed by atoms with Gasteiger partial charge in [-0.15, -0.1) is 0 Å². The van der Waals surface area contributed by atoms with E-state index in [1.54, 1.807) is 28.9 Å². The number of nitrogens with zero attached hydrogens (tertiary/aromatic N) is 6. The summed E-state index contributed by atoms with van der Waals surface area (Å²) < 4.78 is 3.59. The summed E-state index contributed by atoms with van der Waals surface area (Å²) in [5, 5.41) is 20.1. The molecule has 2 amide bonds. The molecular weight excluding hydrogens is 496 g/mol. The molecule has 2 atom stereocenters. The van der Waals surface area contributed by atoms with Crippen molar-refractivity contribution >= 4 is 23.6 Å². The number of hydrogen-bond donors (Lipinski definition) is 3. The monoisotopic (exact) mass is 528 g/mol. The van der Waals surface area contributed by atoms with Crippen LogP contribution in [0, 0.1) is 13.8 Å². The topological polar surface area (TPSA) is 130 Å². The van der Waals surface area contributed by atoms with Crippen LogP contribution in [0.1, 0.15) is 40.1 Å². The van der Waals surface area contributed by atoms with Gasteiger partial charge in [-0.05, 0) is 38.0 Å². The highest BCUT2D eigenvalue weighted by Gasteiger charge is 2.33. The normalized spacial score (nSPS) is 14.6. The summed E-state index contributed by atoms with van der Waals surface area (Å²) in [5.41, 5.74) is 4.73. The number of aromatic nitrogens is 5. The number of aliphatic hydroxyl groups excluding tert-OH is 1. The average Bonchev–Trinajstić information content (AvgIpc) is 3.54. The third-order valence-corrected chi connectivity index (χ3v) is 7.05. The summed E-state index contributed by atoms with van der Waals surface area (Å²) in [5.74, 6) is 0.631. The predicted octanol–water partition coefficient (Wildman–Crippen LogP) is 2.73. The minimum atomic E-state index is -0.709. The molecule has 0 saturated carbocycles. The molecule has 39 heavy (non-hydrogen) atoms. The summed E-state index contributed by atoms with van der Waals surface area (Å²) >= 11 is 0. The lowest BCUT2D eigenvalue weighted by Gasteiger charge is -2.33. The molecule has 0 spiro atoms. The first kappa shape index (κ1) is 26.1. The number of fused-ring (bicyclic) bond motifs is 1. The number of amides is 2. The van der Waals surface area contributed by atoms with E-state index in [1.807, 2.05) is 68.1 Å². The number of rotatable bonds is 8. The van der Waals surface area contributed by atoms with Gasteiger partial charge in [0.15, 0.2) is 0 Å². The summed E-state index contributed by atoms with van der Waals surface area (Å²) in [6.07, 6.45) is 5.34. The Morgan fingerprint density at radius 1 is 1.18 bits per heavy atom. The molecule has 0 bridgehead atoms. The van der Waals surface area contributed by atoms with Crippen LogP contribution in [0.25, 0.3) is 11.3 Å². The molecular formula is C28H32N8O3. The molecule has 0 radical (unpaired) electrons. The Morgan fingerprint density at radius 2 is 2.00 bits per heavy atom. The number of aliphatic hydroxyl groups is 1. The van der Waals surface area contributed by atoms with Crippen molar-refractivity contribution in [1.82, 2.24) is 34.5 Å². The molecule has 11 heteroatoms. The molecule has 0 saturated heterocycles. The quantitative estimate of drug-likeness (QED) is 0.321. The molecule has 202 valence electrons. The Hall–Kier alpha value is -4.51. The van der Waals surface area contributed by atoms with Crippen molar-refractivity contribution in [3.63, 3.8) is 0 Å². The summed E-state index contributed by atoms with van der Waals surface area (Å²) in [6.45, 7) is 6.29. The van der Waals surface area contributed by atoms with E-state index in [-0.39, 0.29) is 18.4 Å². The molecule has 1 aromatic carbocycles. The van der Waals surface area contributed by atoms with E-state index in [0.29, 0.717) is 30.4 Å². The van der Waals surface area contributed by atoms with Gasteiger partial charge in [-0.25, -0.2) is 9.97 Å². The van der Waals surface area contributed by atoms with Gasteiger partial charge in [0.2, 0.25) is 11.9 Å². The van der Waals surface area contributed by atoms with Crippen molar-refractivity contribution in [3.05, 3.63) is 77.4 Å². The minimum absolute atomic E-state index is 0.230. The number of carbonyl (C=O) groups is 2. The second-order valence-electron chi connectivity index (χ2n) is 9.83. The predicted molar refractivity (Wildman–Crippen MR) is 146 cm³/mol. The van der Waals surface area contributed by atoms with E-state index < -0.39 is 12.1 Å². The van der Waals surface area contributed by atoms with Crippen LogP contribution < -0.4 is 10.6 Å². The fraction of sp³-hybridized carbons (Fsp3) is 0.321. The number of carbonyl (C=O) groups excluding carboxylic acids is 2. The van der Waals surface area contributed by atoms with Gasteiger partial charge in [-0.3, -0.25) is 14.3 Å². The molecule has 0 aliphatic carbocycles. The number of hydrogen-bond acceptors (Lipinski definition) is 7. The zero-order valence-corrected chi connectivity index (χ0v) is 22.4. The van der Waals surface area contributed by atoms with Crippen LogP contribution in [0.4, 0.5) is 11.8 Å². The zero-order valence-electron chi connectivity index (χ0n) is 22.4. The van der Waals surface area contributed by atoms with Gasteiger partial charge in [0, 0.05) is 44.2 Å². The van der Waals surface area contributed by atoms with Crippen LogP contribution in [0.2, 0.25) is 0 Å². The Morgan fingerprint density at radius 3 is 2.72 bits per heavy atom. The van der Waals surface area contributed by atoms with E-state index in [4.69, 9.17) is 4.98 Å². The first-order valence-corrected chi connectivity index (χ1v) is 12.8. The van der Waals surface area contributed by atoms with Crippen molar-refractivity contribution in [2.45, 2.75) is 39.4 Å². The number of aryl methyl sites for hydroxylation is 3. The summed E-state index contributed by atoms with van der Waals surface area (Å²) in [7, 11) is 1.82. The van der Waals surface area contributed by atoms with Crippen LogP contribution >= 0.6 is 0 Å². The third-order valence-electron chi connectivity index (χ3n) is 7.05.